The van der Waals surface area contributed by atoms with Gasteiger partial charge in [-0.15, -0.1) is 0 Å². The van der Waals surface area contributed by atoms with Gasteiger partial charge in [0.05, 0.1) is 13.2 Å². The van der Waals surface area contributed by atoms with E-state index in [1.54, 1.807) is 0 Å². The molecule has 0 spiro atoms. The highest BCUT2D eigenvalue weighted by Gasteiger charge is 2.05. The molecule has 0 aliphatic heterocycles. The summed E-state index contributed by atoms with van der Waals surface area (Å²) in [4.78, 5) is 23.8. The summed E-state index contributed by atoms with van der Waals surface area (Å²) in [7, 11) is 0. The molecule has 0 saturated carbocycles. The number of hydrogen-bond donors (Lipinski definition) is 0. The molecule has 0 N–H and O–H groups in total. The van der Waals surface area contributed by atoms with Gasteiger partial charge in [-0.25, -0.2) is 0 Å². The highest BCUT2D eigenvalue weighted by Crippen LogP contribution is 2.18. The SMILES string of the molecule is CCCCCCCCCCCCCCCCCC(=O)OCCCCCCCCCCCCCCCC.CCCCCCCCCCCCCCCCOC(=O)CCCCCCCCCCCCCCC(C)C. The first-order chi connectivity index (χ1) is 35.5. The molecule has 0 amide bonds. The molecule has 0 aromatic rings. The van der Waals surface area contributed by atoms with Crippen LogP contribution in [-0.4, -0.2) is 25.2 Å². The van der Waals surface area contributed by atoms with Crippen molar-refractivity contribution < 1.29 is 19.1 Å². The molecule has 0 aromatic carbocycles. The molecule has 0 rings (SSSR count). The van der Waals surface area contributed by atoms with E-state index in [4.69, 9.17) is 9.47 Å². The van der Waals surface area contributed by atoms with Crippen molar-refractivity contribution in [3.05, 3.63) is 0 Å². The maximum absolute atomic E-state index is 11.9. The lowest BCUT2D eigenvalue weighted by atomic mass is 10.0. The normalized spacial score (nSPS) is 11.4. The summed E-state index contributed by atoms with van der Waals surface area (Å²) in [6, 6.07) is 0. The molecule has 0 radical (unpaired) electrons. The second kappa shape index (κ2) is 68.0. The summed E-state index contributed by atoms with van der Waals surface area (Å²) in [5, 5.41) is 0. The summed E-state index contributed by atoms with van der Waals surface area (Å²) < 4.78 is 10.9. The molecule has 0 bridgehead atoms. The van der Waals surface area contributed by atoms with E-state index in [0.717, 1.165) is 31.6 Å². The molecule has 0 atom stereocenters. The minimum absolute atomic E-state index is 0.0260. The lowest BCUT2D eigenvalue weighted by Gasteiger charge is -2.06. The average molecular weight is 1020 g/mol. The van der Waals surface area contributed by atoms with Crippen LogP contribution in [0.5, 0.6) is 0 Å². The van der Waals surface area contributed by atoms with E-state index in [-0.39, 0.29) is 11.9 Å². The fraction of sp³-hybridized carbons (Fsp3) is 0.971. The van der Waals surface area contributed by atoms with E-state index in [9.17, 15) is 9.59 Å². The van der Waals surface area contributed by atoms with Crippen molar-refractivity contribution in [2.75, 3.05) is 13.2 Å². The number of hydrogen-bond acceptors (Lipinski definition) is 4. The van der Waals surface area contributed by atoms with Crippen LogP contribution in [0, 0.1) is 5.92 Å². The Morgan fingerprint density at radius 2 is 0.403 bits per heavy atom. The number of rotatable bonds is 61. The Kier molecular flexibility index (Phi) is 68.9. The van der Waals surface area contributed by atoms with Crippen LogP contribution in [-0.2, 0) is 19.1 Å². The van der Waals surface area contributed by atoms with Crippen LogP contribution in [0.4, 0.5) is 0 Å². The monoisotopic (exact) mass is 1020 g/mol. The molecule has 72 heavy (non-hydrogen) atoms. The molecular weight excluding hydrogens is 881 g/mol. The van der Waals surface area contributed by atoms with Crippen molar-refractivity contribution in [3.63, 3.8) is 0 Å². The molecule has 0 aliphatic rings. The second-order valence-electron chi connectivity index (χ2n) is 23.5. The number of ether oxygens (including phenoxy) is 2. The van der Waals surface area contributed by atoms with E-state index >= 15 is 0 Å². The molecular formula is C68H136O4. The third-order valence-electron chi connectivity index (χ3n) is 15.4. The highest BCUT2D eigenvalue weighted by molar-refractivity contribution is 5.69. The molecule has 0 aromatic heterocycles. The quantitative estimate of drug-likeness (QED) is 0.0450. The third kappa shape index (κ3) is 71.0. The Hall–Kier alpha value is -1.06. The van der Waals surface area contributed by atoms with Crippen LogP contribution in [0.25, 0.3) is 0 Å². The van der Waals surface area contributed by atoms with Gasteiger partial charge in [0, 0.05) is 12.8 Å². The smallest absolute Gasteiger partial charge is 0.305 e. The average Bonchev–Trinajstić information content (AvgIpc) is 3.37. The van der Waals surface area contributed by atoms with Crippen molar-refractivity contribution in [1.82, 2.24) is 0 Å². The Labute approximate surface area is 455 Å². The van der Waals surface area contributed by atoms with Crippen molar-refractivity contribution in [2.24, 2.45) is 5.92 Å². The summed E-state index contributed by atoms with van der Waals surface area (Å²) in [5.41, 5.74) is 0. The molecule has 0 heterocycles. The summed E-state index contributed by atoms with van der Waals surface area (Å²) >= 11 is 0. The largest absolute Gasteiger partial charge is 0.466 e. The molecule has 4 heteroatoms. The predicted octanol–water partition coefficient (Wildman–Crippen LogP) is 24.4. The first kappa shape index (κ1) is 73.0. The number of carbonyl (C=O) groups excluding carboxylic acids is 2. The highest BCUT2D eigenvalue weighted by atomic mass is 16.5. The van der Waals surface area contributed by atoms with Crippen molar-refractivity contribution in [3.8, 4) is 0 Å². The zero-order valence-corrected chi connectivity index (χ0v) is 50.6. The van der Waals surface area contributed by atoms with Gasteiger partial charge in [0.1, 0.15) is 0 Å². The summed E-state index contributed by atoms with van der Waals surface area (Å²) in [6.45, 7) is 12.8. The van der Waals surface area contributed by atoms with Gasteiger partial charge in [-0.2, -0.15) is 0 Å². The third-order valence-corrected chi connectivity index (χ3v) is 15.4. The van der Waals surface area contributed by atoms with Gasteiger partial charge in [-0.3, -0.25) is 9.59 Å². The van der Waals surface area contributed by atoms with Crippen molar-refractivity contribution in [2.45, 2.75) is 407 Å². The van der Waals surface area contributed by atoms with Gasteiger partial charge >= 0.3 is 11.9 Å². The fourth-order valence-electron chi connectivity index (χ4n) is 10.3. The van der Waals surface area contributed by atoms with Gasteiger partial charge in [-0.05, 0) is 31.6 Å². The van der Waals surface area contributed by atoms with Crippen LogP contribution in [0.1, 0.15) is 407 Å². The Morgan fingerprint density at radius 3 is 0.597 bits per heavy atom. The first-order valence-corrected chi connectivity index (χ1v) is 33.8. The maximum atomic E-state index is 11.9. The van der Waals surface area contributed by atoms with Crippen molar-refractivity contribution >= 4 is 11.9 Å². The zero-order valence-electron chi connectivity index (χ0n) is 50.6. The van der Waals surface area contributed by atoms with Crippen LogP contribution in [0.3, 0.4) is 0 Å². The van der Waals surface area contributed by atoms with Gasteiger partial charge in [0.15, 0.2) is 0 Å². The van der Waals surface area contributed by atoms with E-state index < -0.39 is 0 Å². The predicted molar refractivity (Wildman–Crippen MR) is 322 cm³/mol. The number of esters is 2. The maximum Gasteiger partial charge on any atom is 0.305 e. The van der Waals surface area contributed by atoms with E-state index in [2.05, 4.69) is 34.6 Å². The minimum atomic E-state index is 0.0260. The summed E-state index contributed by atoms with van der Waals surface area (Å²) in [5.74, 6) is 0.923. The molecule has 0 aliphatic carbocycles. The topological polar surface area (TPSA) is 52.6 Å². The Bertz CT molecular complexity index is 941. The van der Waals surface area contributed by atoms with E-state index in [0.29, 0.717) is 26.1 Å². The van der Waals surface area contributed by atoms with Gasteiger partial charge in [0.25, 0.3) is 0 Å². The van der Waals surface area contributed by atoms with Crippen LogP contribution in [0.2, 0.25) is 0 Å². The fourth-order valence-corrected chi connectivity index (χ4v) is 10.3. The lowest BCUT2D eigenvalue weighted by Crippen LogP contribution is -2.05. The first-order valence-electron chi connectivity index (χ1n) is 33.8. The minimum Gasteiger partial charge on any atom is -0.466 e. The molecule has 4 nitrogen and oxygen atoms in total. The molecule has 0 saturated heterocycles. The van der Waals surface area contributed by atoms with E-state index in [1.165, 1.54) is 334 Å². The summed E-state index contributed by atoms with van der Waals surface area (Å²) in [6.07, 6.45) is 77.3. The molecule has 0 fully saturated rings. The van der Waals surface area contributed by atoms with Gasteiger partial charge < -0.3 is 9.47 Å². The van der Waals surface area contributed by atoms with Crippen LogP contribution >= 0.6 is 0 Å². The van der Waals surface area contributed by atoms with Gasteiger partial charge in [-0.1, -0.05) is 369 Å². The number of unbranched alkanes of at least 4 members (excludes halogenated alkanes) is 51. The Balaban J connectivity index is 0. The van der Waals surface area contributed by atoms with Crippen molar-refractivity contribution in [1.29, 1.82) is 0 Å². The standard InChI is InChI=1S/2C34H68O2/c1-4-5-6-7-8-9-10-11-14-17-20-23-26-29-32-36-34(35)31-28-25-22-19-16-13-12-15-18-21-24-27-30-33(2)3;1-3-5-7-9-11-13-15-17-19-20-22-24-26-28-30-32-34(35)36-33-31-29-27-25-23-21-18-16-14-12-10-8-6-4-2/h33H,4-32H2,1-3H3;3-33H2,1-2H3. The van der Waals surface area contributed by atoms with E-state index in [1.807, 2.05) is 0 Å². The molecule has 432 valence electrons. The molecule has 0 unspecified atom stereocenters. The van der Waals surface area contributed by atoms with Gasteiger partial charge in [0.2, 0.25) is 0 Å². The second-order valence-corrected chi connectivity index (χ2v) is 23.5. The van der Waals surface area contributed by atoms with Crippen LogP contribution in [0.15, 0.2) is 0 Å². The zero-order chi connectivity index (χ0) is 52.6. The Morgan fingerprint density at radius 1 is 0.236 bits per heavy atom. The number of carbonyl (C=O) groups is 2. The van der Waals surface area contributed by atoms with Crippen LogP contribution < -0.4 is 0 Å². The lowest BCUT2D eigenvalue weighted by molar-refractivity contribution is -0.144.